The molecule has 2 heterocycles. The van der Waals surface area contributed by atoms with Gasteiger partial charge in [-0.2, -0.15) is 0 Å². The number of nitrogens with zero attached hydrogens (tertiary/aromatic N) is 1. The second-order valence-electron chi connectivity index (χ2n) is 5.08. The summed E-state index contributed by atoms with van der Waals surface area (Å²) < 4.78 is 23.3. The van der Waals surface area contributed by atoms with Gasteiger partial charge >= 0.3 is 0 Å². The number of rotatable bonds is 4. The molecule has 1 N–H and O–H groups in total. The van der Waals surface area contributed by atoms with Crippen molar-refractivity contribution in [3.8, 4) is 0 Å². The molecule has 1 aliphatic rings. The molecule has 0 aliphatic carbocycles. The van der Waals surface area contributed by atoms with Crippen LogP contribution in [0.1, 0.15) is 12.0 Å². The molecule has 1 aromatic heterocycles. The normalized spacial score (nSPS) is 17.4. The molecule has 1 atom stereocenters. The van der Waals surface area contributed by atoms with Gasteiger partial charge in [0.1, 0.15) is 9.90 Å². The monoisotopic (exact) mass is 350 g/mol. The van der Waals surface area contributed by atoms with Crippen molar-refractivity contribution in [2.24, 2.45) is 5.16 Å². The smallest absolute Gasteiger partial charge is 0.269 e. The Labute approximate surface area is 137 Å². The second kappa shape index (κ2) is 6.13. The van der Waals surface area contributed by atoms with E-state index < -0.39 is 21.8 Å². The molecule has 3 rings (SSSR count). The highest BCUT2D eigenvalue weighted by molar-refractivity contribution is 7.91. The highest BCUT2D eigenvalue weighted by Crippen LogP contribution is 2.28. The Hall–Kier alpha value is -2.19. The minimum atomic E-state index is -3.39. The first-order valence-electron chi connectivity index (χ1n) is 6.81. The van der Waals surface area contributed by atoms with Gasteiger partial charge in [0.15, 0.2) is 9.84 Å². The van der Waals surface area contributed by atoms with Crippen molar-refractivity contribution in [1.82, 2.24) is 0 Å². The van der Waals surface area contributed by atoms with Crippen LogP contribution in [0.2, 0.25) is 0 Å². The van der Waals surface area contributed by atoms with Crippen molar-refractivity contribution < 1.29 is 18.0 Å². The molecule has 0 radical (unpaired) electrons. The summed E-state index contributed by atoms with van der Waals surface area (Å²) in [6, 6.07) is 10.9. The van der Waals surface area contributed by atoms with Gasteiger partial charge in [0.25, 0.3) is 5.91 Å². The van der Waals surface area contributed by atoms with Crippen LogP contribution in [0.15, 0.2) is 51.8 Å². The fourth-order valence-electron chi connectivity index (χ4n) is 2.19. The van der Waals surface area contributed by atoms with Gasteiger partial charge in [0.2, 0.25) is 6.10 Å². The van der Waals surface area contributed by atoms with Crippen molar-refractivity contribution in [2.45, 2.75) is 17.4 Å². The van der Waals surface area contributed by atoms with Gasteiger partial charge < -0.3 is 10.2 Å². The van der Waals surface area contributed by atoms with E-state index >= 15 is 0 Å². The molecular formula is C15H14N2O4S2. The molecule has 1 amide bonds. The minimum absolute atomic E-state index is 0.109. The van der Waals surface area contributed by atoms with E-state index in [1.807, 2.05) is 30.3 Å². The molecule has 0 bridgehead atoms. The van der Waals surface area contributed by atoms with Crippen LogP contribution in [-0.4, -0.2) is 32.4 Å². The molecule has 0 spiro atoms. The molecule has 1 aromatic carbocycles. The Morgan fingerprint density at radius 1 is 1.30 bits per heavy atom. The summed E-state index contributed by atoms with van der Waals surface area (Å²) >= 11 is 1.16. The Morgan fingerprint density at radius 2 is 2.04 bits per heavy atom. The van der Waals surface area contributed by atoms with Crippen LogP contribution in [0.25, 0.3) is 0 Å². The minimum Gasteiger partial charge on any atom is -0.382 e. The molecule has 6 nitrogen and oxygen atoms in total. The lowest BCUT2D eigenvalue weighted by Gasteiger charge is -2.09. The molecule has 120 valence electrons. The lowest BCUT2D eigenvalue weighted by molar-refractivity contribution is -0.125. The summed E-state index contributed by atoms with van der Waals surface area (Å²) in [5.41, 5.74) is 1.59. The fourth-order valence-corrected chi connectivity index (χ4v) is 4.26. The van der Waals surface area contributed by atoms with E-state index in [0.29, 0.717) is 17.1 Å². The first-order chi connectivity index (χ1) is 10.9. The molecule has 2 aromatic rings. The Bertz CT molecular complexity index is 857. The van der Waals surface area contributed by atoms with Crippen molar-refractivity contribution in [3.63, 3.8) is 0 Å². The molecule has 0 fully saturated rings. The second-order valence-corrected chi connectivity index (χ2v) is 7.98. The summed E-state index contributed by atoms with van der Waals surface area (Å²) in [7, 11) is -3.39. The molecular weight excluding hydrogens is 336 g/mol. The van der Waals surface area contributed by atoms with Crippen LogP contribution in [0.3, 0.4) is 0 Å². The van der Waals surface area contributed by atoms with Crippen LogP contribution in [0.5, 0.6) is 0 Å². The number of benzene rings is 1. The van der Waals surface area contributed by atoms with Gasteiger partial charge in [0, 0.05) is 12.7 Å². The van der Waals surface area contributed by atoms with Crippen molar-refractivity contribution in [1.29, 1.82) is 0 Å². The summed E-state index contributed by atoms with van der Waals surface area (Å²) in [4.78, 5) is 17.6. The highest BCUT2D eigenvalue weighted by atomic mass is 32.2. The maximum absolute atomic E-state index is 12.3. The number of carbonyl (C=O) groups is 1. The van der Waals surface area contributed by atoms with Crippen LogP contribution in [-0.2, 0) is 19.5 Å². The molecule has 1 unspecified atom stereocenters. The van der Waals surface area contributed by atoms with Gasteiger partial charge in [-0.3, -0.25) is 4.79 Å². The zero-order valence-electron chi connectivity index (χ0n) is 12.2. The topological polar surface area (TPSA) is 84.8 Å². The van der Waals surface area contributed by atoms with Crippen LogP contribution in [0, 0.1) is 0 Å². The maximum atomic E-state index is 12.3. The zero-order chi connectivity index (χ0) is 16.4. The number of sulfone groups is 1. The number of nitrogens with one attached hydrogen (secondary N) is 1. The highest BCUT2D eigenvalue weighted by Gasteiger charge is 2.30. The van der Waals surface area contributed by atoms with E-state index in [9.17, 15) is 13.2 Å². The molecule has 1 aliphatic heterocycles. The summed E-state index contributed by atoms with van der Waals surface area (Å²) in [5.74, 6) is -0.410. The van der Waals surface area contributed by atoms with E-state index in [4.69, 9.17) is 4.84 Å². The summed E-state index contributed by atoms with van der Waals surface area (Å²) in [6.45, 7) is 0. The van der Waals surface area contributed by atoms with E-state index in [-0.39, 0.29) is 4.90 Å². The third-order valence-electron chi connectivity index (χ3n) is 3.33. The van der Waals surface area contributed by atoms with Gasteiger partial charge in [-0.1, -0.05) is 35.5 Å². The van der Waals surface area contributed by atoms with Crippen molar-refractivity contribution in [2.75, 3.05) is 11.6 Å². The van der Waals surface area contributed by atoms with E-state index in [1.165, 1.54) is 6.07 Å². The molecule has 23 heavy (non-hydrogen) atoms. The van der Waals surface area contributed by atoms with E-state index in [1.54, 1.807) is 5.38 Å². The van der Waals surface area contributed by atoms with Gasteiger partial charge in [-0.25, -0.2) is 8.42 Å². The van der Waals surface area contributed by atoms with Gasteiger partial charge in [-0.05, 0) is 17.0 Å². The lowest BCUT2D eigenvalue weighted by Crippen LogP contribution is -2.28. The Morgan fingerprint density at radius 3 is 2.74 bits per heavy atom. The average molecular weight is 350 g/mol. The number of hydrogen-bond acceptors (Lipinski definition) is 6. The van der Waals surface area contributed by atoms with Crippen LogP contribution >= 0.6 is 11.3 Å². The van der Waals surface area contributed by atoms with E-state index in [2.05, 4.69) is 10.5 Å². The molecule has 0 saturated heterocycles. The first kappa shape index (κ1) is 15.7. The Balaban J connectivity index is 1.69. The zero-order valence-corrected chi connectivity index (χ0v) is 13.9. The number of oxime groups is 1. The SMILES string of the molecule is CS(=O)(=O)c1ccsc1NC(=O)C1CC(c2ccccc2)=NO1. The van der Waals surface area contributed by atoms with Crippen molar-refractivity contribution >= 4 is 37.8 Å². The van der Waals surface area contributed by atoms with Gasteiger partial charge in [0.05, 0.1) is 5.71 Å². The number of amides is 1. The number of carbonyl (C=O) groups excluding carboxylic acids is 1. The lowest BCUT2D eigenvalue weighted by atomic mass is 10.1. The summed E-state index contributed by atoms with van der Waals surface area (Å²) in [5, 5.41) is 8.48. The number of thiophene rings is 1. The van der Waals surface area contributed by atoms with E-state index in [0.717, 1.165) is 23.2 Å². The Kier molecular flexibility index (Phi) is 4.18. The first-order valence-corrected chi connectivity index (χ1v) is 9.59. The number of anilines is 1. The predicted molar refractivity (Wildman–Crippen MR) is 88.5 cm³/mol. The maximum Gasteiger partial charge on any atom is 0.269 e. The quantitative estimate of drug-likeness (QED) is 0.917. The standard InChI is InChI=1S/C15H14N2O4S2/c1-23(19,20)13-7-8-22-15(13)16-14(18)12-9-11(17-21-12)10-5-3-2-4-6-10/h2-8,12H,9H2,1H3,(H,16,18). The average Bonchev–Trinajstić information content (AvgIpc) is 3.16. The predicted octanol–water partition coefficient (Wildman–Crippen LogP) is 2.28. The third kappa shape index (κ3) is 3.43. The number of hydrogen-bond donors (Lipinski definition) is 1. The van der Waals surface area contributed by atoms with Gasteiger partial charge in [-0.15, -0.1) is 11.3 Å². The third-order valence-corrected chi connectivity index (χ3v) is 5.43. The van der Waals surface area contributed by atoms with Crippen molar-refractivity contribution in [3.05, 3.63) is 47.3 Å². The van der Waals surface area contributed by atoms with Crippen LogP contribution < -0.4 is 5.32 Å². The largest absolute Gasteiger partial charge is 0.382 e. The molecule has 8 heteroatoms. The van der Waals surface area contributed by atoms with Crippen LogP contribution in [0.4, 0.5) is 5.00 Å². The summed E-state index contributed by atoms with van der Waals surface area (Å²) in [6.07, 6.45) is 0.683. The molecule has 0 saturated carbocycles. The fraction of sp³-hybridized carbons (Fsp3) is 0.200.